The van der Waals surface area contributed by atoms with Crippen LogP contribution in [0, 0.1) is 6.92 Å². The Morgan fingerprint density at radius 3 is 2.70 bits per heavy atom. The number of hydrogen-bond donors (Lipinski definition) is 1. The molecule has 0 saturated heterocycles. The highest BCUT2D eigenvalue weighted by Crippen LogP contribution is 2.41. The van der Waals surface area contributed by atoms with Gasteiger partial charge in [-0.25, -0.2) is 8.78 Å². The Hall–Kier alpha value is -1.57. The minimum Gasteiger partial charge on any atom is -0.399 e. The fourth-order valence-corrected chi connectivity index (χ4v) is 4.05. The second-order valence-electron chi connectivity index (χ2n) is 7.17. The maximum atomic E-state index is 14.4. The molecule has 2 atom stereocenters. The van der Waals surface area contributed by atoms with Crippen molar-refractivity contribution in [2.24, 2.45) is 0 Å². The van der Waals surface area contributed by atoms with Gasteiger partial charge in [0.05, 0.1) is 18.3 Å². The van der Waals surface area contributed by atoms with Crippen molar-refractivity contribution < 1.29 is 13.5 Å². The highest BCUT2D eigenvalue weighted by Gasteiger charge is 2.41. The summed E-state index contributed by atoms with van der Waals surface area (Å²) < 4.78 is 34.5. The van der Waals surface area contributed by atoms with Gasteiger partial charge in [-0.2, -0.15) is 0 Å². The van der Waals surface area contributed by atoms with Crippen LogP contribution in [0.2, 0.25) is 0 Å². The number of halogens is 3. The van der Waals surface area contributed by atoms with Gasteiger partial charge >= 0.3 is 0 Å². The van der Waals surface area contributed by atoms with E-state index in [9.17, 15) is 8.78 Å². The molecule has 0 saturated carbocycles. The van der Waals surface area contributed by atoms with Gasteiger partial charge in [0, 0.05) is 29.5 Å². The third kappa shape index (κ3) is 4.15. The van der Waals surface area contributed by atoms with Gasteiger partial charge in [-0.1, -0.05) is 6.07 Å². The van der Waals surface area contributed by atoms with Crippen LogP contribution in [0.15, 0.2) is 34.9 Å². The third-order valence-corrected chi connectivity index (χ3v) is 5.64. The first-order valence-electron chi connectivity index (χ1n) is 8.85. The largest absolute Gasteiger partial charge is 0.399 e. The number of nitrogen functional groups attached to an aromatic ring is 1. The van der Waals surface area contributed by atoms with Crippen molar-refractivity contribution in [2.75, 3.05) is 26.0 Å². The number of anilines is 1. The summed E-state index contributed by atoms with van der Waals surface area (Å²) in [4.78, 5) is 6.34. The first-order chi connectivity index (χ1) is 12.7. The van der Waals surface area contributed by atoms with E-state index in [1.165, 1.54) is 7.11 Å². The molecule has 0 aliphatic carbocycles. The van der Waals surface area contributed by atoms with Crippen LogP contribution in [-0.2, 0) is 11.2 Å². The van der Waals surface area contributed by atoms with Crippen LogP contribution in [0.5, 0.6) is 0 Å². The number of nitrogens with zero attached hydrogens (tertiary/aromatic N) is 2. The molecule has 4 nitrogen and oxygen atoms in total. The summed E-state index contributed by atoms with van der Waals surface area (Å²) >= 11 is 3.39. The first kappa shape index (κ1) is 20.2. The van der Waals surface area contributed by atoms with Crippen LogP contribution in [0.3, 0.4) is 0 Å². The molecule has 1 aliphatic heterocycles. The van der Waals surface area contributed by atoms with Gasteiger partial charge in [0.25, 0.3) is 5.92 Å². The maximum Gasteiger partial charge on any atom is 0.283 e. The van der Waals surface area contributed by atoms with E-state index in [2.05, 4.69) is 20.9 Å². The minimum atomic E-state index is -2.95. The molecule has 0 spiro atoms. The highest BCUT2D eigenvalue weighted by molar-refractivity contribution is 9.10. The number of aromatic nitrogens is 1. The molecule has 3 rings (SSSR count). The average Bonchev–Trinajstić information content (AvgIpc) is 2.60. The number of hydrogen-bond acceptors (Lipinski definition) is 4. The Morgan fingerprint density at radius 1 is 1.33 bits per heavy atom. The molecule has 0 radical (unpaired) electrons. The van der Waals surface area contributed by atoms with Crippen molar-refractivity contribution in [2.45, 2.75) is 38.3 Å². The van der Waals surface area contributed by atoms with Gasteiger partial charge in [0.15, 0.2) is 0 Å². The quantitative estimate of drug-likeness (QED) is 0.703. The Labute approximate surface area is 166 Å². The van der Waals surface area contributed by atoms with Crippen LogP contribution in [-0.4, -0.2) is 42.1 Å². The Kier molecular flexibility index (Phi) is 5.84. The molecule has 2 N–H and O–H groups in total. The Bertz CT molecular complexity index is 814. The van der Waals surface area contributed by atoms with Crippen molar-refractivity contribution in [1.29, 1.82) is 0 Å². The summed E-state index contributed by atoms with van der Waals surface area (Å²) in [6.45, 7) is 2.96. The molecule has 27 heavy (non-hydrogen) atoms. The lowest BCUT2D eigenvalue weighted by atomic mass is 9.83. The van der Waals surface area contributed by atoms with Crippen LogP contribution in [0.25, 0.3) is 0 Å². The van der Waals surface area contributed by atoms with Crippen molar-refractivity contribution in [3.63, 3.8) is 0 Å². The predicted molar refractivity (Wildman–Crippen MR) is 106 cm³/mol. The maximum absolute atomic E-state index is 14.4. The van der Waals surface area contributed by atoms with E-state index in [-0.39, 0.29) is 12.1 Å². The zero-order valence-corrected chi connectivity index (χ0v) is 17.3. The summed E-state index contributed by atoms with van der Waals surface area (Å²) in [5, 5.41) is 0. The molecule has 7 heteroatoms. The highest BCUT2D eigenvalue weighted by atomic mass is 79.9. The summed E-state index contributed by atoms with van der Waals surface area (Å²) in [6, 6.07) is 7.11. The molecule has 146 valence electrons. The molecule has 0 fully saturated rings. The lowest BCUT2D eigenvalue weighted by molar-refractivity contribution is -0.0963. The number of benzene rings is 1. The molecular formula is C20H24BrF2N3O. The monoisotopic (exact) mass is 439 g/mol. The zero-order chi connectivity index (χ0) is 19.8. The molecule has 2 aromatic rings. The first-order valence-corrected chi connectivity index (χ1v) is 9.64. The number of nitrogens with two attached hydrogens (primary N) is 1. The Balaban J connectivity index is 2.11. The summed E-state index contributed by atoms with van der Waals surface area (Å²) in [7, 11) is 1.29. The number of alkyl halides is 2. The van der Waals surface area contributed by atoms with E-state index in [0.717, 1.165) is 32.5 Å². The fraction of sp³-hybridized carbons (Fsp3) is 0.450. The van der Waals surface area contributed by atoms with Crippen LogP contribution < -0.4 is 5.73 Å². The topological polar surface area (TPSA) is 51.4 Å². The SMILES string of the molecule is COCC(F)(F)CN1[C@H](c2ccc(Br)cn2)c2ccc(N)c(C)c2C[C@H]1C. The molecule has 0 unspecified atom stereocenters. The van der Waals surface area contributed by atoms with E-state index in [1.807, 2.05) is 43.0 Å². The number of pyridine rings is 1. The van der Waals surface area contributed by atoms with Crippen LogP contribution >= 0.6 is 15.9 Å². The molecule has 0 amide bonds. The van der Waals surface area contributed by atoms with E-state index >= 15 is 0 Å². The summed E-state index contributed by atoms with van der Waals surface area (Å²) in [5.41, 5.74) is 10.7. The van der Waals surface area contributed by atoms with Gasteiger partial charge in [-0.3, -0.25) is 9.88 Å². The number of rotatable bonds is 5. The lowest BCUT2D eigenvalue weighted by Crippen LogP contribution is -2.49. The van der Waals surface area contributed by atoms with Gasteiger partial charge in [-0.15, -0.1) is 0 Å². The second kappa shape index (κ2) is 7.81. The molecular weight excluding hydrogens is 416 g/mol. The van der Waals surface area contributed by atoms with E-state index in [0.29, 0.717) is 6.42 Å². The van der Waals surface area contributed by atoms with Gasteiger partial charge in [-0.05, 0) is 71.1 Å². The van der Waals surface area contributed by atoms with E-state index in [4.69, 9.17) is 10.5 Å². The van der Waals surface area contributed by atoms with Crippen molar-refractivity contribution in [3.05, 3.63) is 57.3 Å². The summed E-state index contributed by atoms with van der Waals surface area (Å²) in [5.74, 6) is -2.95. The normalized spacial score (nSPS) is 20.5. The third-order valence-electron chi connectivity index (χ3n) is 5.17. The van der Waals surface area contributed by atoms with Gasteiger partial charge < -0.3 is 10.5 Å². The van der Waals surface area contributed by atoms with Gasteiger partial charge in [0.1, 0.15) is 6.61 Å². The molecule has 1 aromatic carbocycles. The minimum absolute atomic E-state index is 0.0869. The molecule has 1 aromatic heterocycles. The van der Waals surface area contributed by atoms with E-state index < -0.39 is 19.1 Å². The predicted octanol–water partition coefficient (Wildman–Crippen LogP) is 4.35. The molecule has 0 bridgehead atoms. The number of methoxy groups -OCH3 is 1. The van der Waals surface area contributed by atoms with Crippen LogP contribution in [0.1, 0.15) is 35.3 Å². The number of ether oxygens (including phenoxy) is 1. The second-order valence-corrected chi connectivity index (χ2v) is 8.08. The van der Waals surface area contributed by atoms with Crippen LogP contribution in [0.4, 0.5) is 14.5 Å². The Morgan fingerprint density at radius 2 is 2.07 bits per heavy atom. The average molecular weight is 440 g/mol. The smallest absolute Gasteiger partial charge is 0.283 e. The van der Waals surface area contributed by atoms with E-state index in [1.54, 1.807) is 6.20 Å². The van der Waals surface area contributed by atoms with Crippen molar-refractivity contribution >= 4 is 21.6 Å². The fourth-order valence-electron chi connectivity index (χ4n) is 3.82. The van der Waals surface area contributed by atoms with Gasteiger partial charge in [0.2, 0.25) is 0 Å². The lowest BCUT2D eigenvalue weighted by Gasteiger charge is -2.43. The zero-order valence-electron chi connectivity index (χ0n) is 15.7. The molecule has 1 aliphatic rings. The summed E-state index contributed by atoms with van der Waals surface area (Å²) in [6.07, 6.45) is 2.37. The molecule has 2 heterocycles. The van der Waals surface area contributed by atoms with Crippen molar-refractivity contribution in [3.8, 4) is 0 Å². The van der Waals surface area contributed by atoms with Crippen molar-refractivity contribution in [1.82, 2.24) is 9.88 Å². The standard InChI is InChI=1S/C20H24BrF2N3O/c1-12-8-16-13(2)17(24)6-5-15(16)19(18-7-4-14(21)9-25-18)26(12)10-20(22,23)11-27-3/h4-7,9,12,19H,8,10-11,24H2,1-3H3/t12-,19+/m1/s1. The number of fused-ring (bicyclic) bond motifs is 1.